The third kappa shape index (κ3) is 4.11. The van der Waals surface area contributed by atoms with Crippen molar-refractivity contribution in [3.05, 3.63) is 0 Å². The van der Waals surface area contributed by atoms with Gasteiger partial charge in [0.25, 0.3) is 0 Å². The maximum Gasteiger partial charge on any atom is 0.410 e. The van der Waals surface area contributed by atoms with Gasteiger partial charge in [0.15, 0.2) is 0 Å². The number of hydrogen-bond donors (Lipinski definition) is 1. The van der Waals surface area contributed by atoms with Crippen molar-refractivity contribution >= 4 is 12.0 Å². The summed E-state index contributed by atoms with van der Waals surface area (Å²) in [6.07, 6.45) is 1.29. The molecule has 0 saturated heterocycles. The number of ether oxygens (including phenoxy) is 1. The summed E-state index contributed by atoms with van der Waals surface area (Å²) < 4.78 is 5.28. The zero-order chi connectivity index (χ0) is 15.0. The van der Waals surface area contributed by atoms with Crippen LogP contribution in [0.2, 0.25) is 0 Å². The molecular weight excluding hydrogens is 244 g/mol. The van der Waals surface area contributed by atoms with E-state index in [1.54, 1.807) is 27.8 Å². The molecule has 1 fully saturated rings. The second kappa shape index (κ2) is 5.02. The summed E-state index contributed by atoms with van der Waals surface area (Å²) in [4.78, 5) is 25.0. The predicted octanol–water partition coefficient (Wildman–Crippen LogP) is 2.14. The molecular formula is C14H26N2O3. The number of nitrogens with zero attached hydrogens (tertiary/aromatic N) is 1. The quantitative estimate of drug-likeness (QED) is 0.854. The van der Waals surface area contributed by atoms with Gasteiger partial charge in [-0.2, -0.15) is 0 Å². The van der Waals surface area contributed by atoms with E-state index in [2.05, 4.69) is 13.8 Å². The molecule has 1 aliphatic carbocycles. The molecule has 110 valence electrons. The van der Waals surface area contributed by atoms with Crippen LogP contribution in [-0.4, -0.2) is 35.6 Å². The zero-order valence-electron chi connectivity index (χ0n) is 12.8. The average molecular weight is 270 g/mol. The van der Waals surface area contributed by atoms with E-state index >= 15 is 0 Å². The van der Waals surface area contributed by atoms with Gasteiger partial charge in [-0.05, 0) is 44.9 Å². The van der Waals surface area contributed by atoms with Gasteiger partial charge in [-0.25, -0.2) is 4.79 Å². The highest BCUT2D eigenvalue weighted by Gasteiger charge is 2.45. The number of likely N-dealkylation sites (N-methyl/N-ethyl adjacent to an activating group) is 1. The first-order valence-corrected chi connectivity index (χ1v) is 6.68. The van der Waals surface area contributed by atoms with E-state index in [-0.39, 0.29) is 11.3 Å². The molecule has 0 spiro atoms. The van der Waals surface area contributed by atoms with Gasteiger partial charge < -0.3 is 10.5 Å². The minimum Gasteiger partial charge on any atom is -0.444 e. The van der Waals surface area contributed by atoms with Crippen LogP contribution in [0.5, 0.6) is 0 Å². The van der Waals surface area contributed by atoms with Gasteiger partial charge in [0.05, 0.1) is 0 Å². The van der Waals surface area contributed by atoms with Gasteiger partial charge in [-0.1, -0.05) is 13.8 Å². The summed E-state index contributed by atoms with van der Waals surface area (Å²) in [7, 11) is 1.58. The molecule has 1 saturated carbocycles. The lowest BCUT2D eigenvalue weighted by atomic mass is 9.61. The summed E-state index contributed by atoms with van der Waals surface area (Å²) in [5.41, 5.74) is 5.10. The molecule has 0 bridgehead atoms. The van der Waals surface area contributed by atoms with Crippen LogP contribution in [0, 0.1) is 11.3 Å². The molecule has 1 aliphatic rings. The van der Waals surface area contributed by atoms with Crippen LogP contribution in [0.1, 0.15) is 47.5 Å². The number of rotatable bonds is 3. The van der Waals surface area contributed by atoms with Crippen molar-refractivity contribution in [1.29, 1.82) is 0 Å². The number of hydrogen-bond acceptors (Lipinski definition) is 3. The van der Waals surface area contributed by atoms with Crippen LogP contribution < -0.4 is 5.73 Å². The summed E-state index contributed by atoms with van der Waals surface area (Å²) >= 11 is 0. The van der Waals surface area contributed by atoms with Gasteiger partial charge in [-0.3, -0.25) is 9.69 Å². The molecule has 0 aromatic rings. The van der Waals surface area contributed by atoms with Crippen molar-refractivity contribution in [2.45, 2.75) is 59.1 Å². The number of amides is 2. The largest absolute Gasteiger partial charge is 0.444 e. The molecule has 0 aromatic carbocycles. The molecule has 1 unspecified atom stereocenters. The molecule has 1 atom stereocenters. The Morgan fingerprint density at radius 3 is 2.11 bits per heavy atom. The van der Waals surface area contributed by atoms with Gasteiger partial charge in [0.2, 0.25) is 5.91 Å². The third-order valence-electron chi connectivity index (χ3n) is 3.47. The number of carbonyl (C=O) groups excluding carboxylic acids is 2. The molecule has 5 heteroatoms. The standard InChI is InChI=1S/C14H26N2O3/c1-13(2,3)19-12(18)16(6)10(11(15)17)9-7-14(4,5)8-9/h9-10H,7-8H2,1-6H3,(H2,15,17). The molecule has 19 heavy (non-hydrogen) atoms. The topological polar surface area (TPSA) is 72.6 Å². The van der Waals surface area contributed by atoms with Crippen LogP contribution in [0.3, 0.4) is 0 Å². The summed E-state index contributed by atoms with van der Waals surface area (Å²) in [5, 5.41) is 0. The second-order valence-electron chi connectivity index (χ2n) is 7.27. The van der Waals surface area contributed by atoms with Crippen LogP contribution >= 0.6 is 0 Å². The smallest absolute Gasteiger partial charge is 0.410 e. The summed E-state index contributed by atoms with van der Waals surface area (Å²) in [6, 6.07) is -0.581. The fourth-order valence-electron chi connectivity index (χ4n) is 2.77. The normalized spacial score (nSPS) is 20.3. The van der Waals surface area contributed by atoms with Crippen molar-refractivity contribution in [3.63, 3.8) is 0 Å². The Balaban J connectivity index is 2.72. The van der Waals surface area contributed by atoms with Crippen LogP contribution in [0.15, 0.2) is 0 Å². The van der Waals surface area contributed by atoms with Crippen LogP contribution in [0.4, 0.5) is 4.79 Å². The number of carbonyl (C=O) groups is 2. The van der Waals surface area contributed by atoms with Gasteiger partial charge in [-0.15, -0.1) is 0 Å². The molecule has 1 rings (SSSR count). The molecule has 2 N–H and O–H groups in total. The minimum absolute atomic E-state index is 0.130. The van der Waals surface area contributed by atoms with E-state index < -0.39 is 23.6 Å². The lowest BCUT2D eigenvalue weighted by Gasteiger charge is -2.47. The van der Waals surface area contributed by atoms with E-state index in [0.29, 0.717) is 0 Å². The number of primary amides is 1. The van der Waals surface area contributed by atoms with Crippen molar-refractivity contribution in [3.8, 4) is 0 Å². The minimum atomic E-state index is -0.581. The molecule has 2 amide bonds. The first-order chi connectivity index (χ1) is 8.43. The average Bonchev–Trinajstić information content (AvgIpc) is 2.11. The van der Waals surface area contributed by atoms with Crippen molar-refractivity contribution < 1.29 is 14.3 Å². The van der Waals surface area contributed by atoms with Crippen molar-refractivity contribution in [2.75, 3.05) is 7.05 Å². The van der Waals surface area contributed by atoms with E-state index in [9.17, 15) is 9.59 Å². The molecule has 0 radical (unpaired) electrons. The van der Waals surface area contributed by atoms with E-state index in [1.807, 2.05) is 0 Å². The Bertz CT molecular complexity index is 363. The number of nitrogens with two attached hydrogens (primary N) is 1. The Morgan fingerprint density at radius 2 is 1.79 bits per heavy atom. The Kier molecular flexibility index (Phi) is 4.17. The Labute approximate surface area is 115 Å². The Morgan fingerprint density at radius 1 is 1.32 bits per heavy atom. The van der Waals surface area contributed by atoms with E-state index in [0.717, 1.165) is 12.8 Å². The van der Waals surface area contributed by atoms with Gasteiger partial charge in [0.1, 0.15) is 11.6 Å². The second-order valence-corrected chi connectivity index (χ2v) is 7.27. The molecule has 0 aromatic heterocycles. The Hall–Kier alpha value is -1.26. The molecule has 0 heterocycles. The highest BCUT2D eigenvalue weighted by molar-refractivity contribution is 5.84. The van der Waals surface area contributed by atoms with Gasteiger partial charge in [0, 0.05) is 7.05 Å². The maximum atomic E-state index is 12.0. The van der Waals surface area contributed by atoms with Crippen molar-refractivity contribution in [1.82, 2.24) is 4.90 Å². The lowest BCUT2D eigenvalue weighted by molar-refractivity contribution is -0.128. The van der Waals surface area contributed by atoms with Gasteiger partial charge >= 0.3 is 6.09 Å². The van der Waals surface area contributed by atoms with E-state index in [4.69, 9.17) is 10.5 Å². The third-order valence-corrected chi connectivity index (χ3v) is 3.47. The van der Waals surface area contributed by atoms with E-state index in [1.165, 1.54) is 4.90 Å². The van der Waals surface area contributed by atoms with Crippen LogP contribution in [-0.2, 0) is 9.53 Å². The molecule has 5 nitrogen and oxygen atoms in total. The summed E-state index contributed by atoms with van der Waals surface area (Å²) in [6.45, 7) is 9.68. The maximum absolute atomic E-state index is 12.0. The highest BCUT2D eigenvalue weighted by Crippen LogP contribution is 2.47. The fourth-order valence-corrected chi connectivity index (χ4v) is 2.77. The molecule has 0 aliphatic heterocycles. The zero-order valence-corrected chi connectivity index (χ0v) is 12.8. The summed E-state index contributed by atoms with van der Waals surface area (Å²) in [5.74, 6) is -0.334. The van der Waals surface area contributed by atoms with Crippen molar-refractivity contribution in [2.24, 2.45) is 17.1 Å². The first-order valence-electron chi connectivity index (χ1n) is 6.68. The van der Waals surface area contributed by atoms with Crippen LogP contribution in [0.25, 0.3) is 0 Å². The first kappa shape index (κ1) is 15.8. The monoisotopic (exact) mass is 270 g/mol. The SMILES string of the molecule is CN(C(=O)OC(C)(C)C)C(C(N)=O)C1CC(C)(C)C1. The predicted molar refractivity (Wildman–Crippen MR) is 73.5 cm³/mol. The highest BCUT2D eigenvalue weighted by atomic mass is 16.6. The lowest BCUT2D eigenvalue weighted by Crippen LogP contribution is -2.55. The fraction of sp³-hybridized carbons (Fsp3) is 0.857.